The number of anilines is 1. The highest BCUT2D eigenvalue weighted by Gasteiger charge is 2.36. The fourth-order valence-corrected chi connectivity index (χ4v) is 5.64. The number of aryl methyl sites for hydroxylation is 1. The summed E-state index contributed by atoms with van der Waals surface area (Å²) in [5, 5.41) is 4.37. The highest BCUT2D eigenvalue weighted by molar-refractivity contribution is 7.20. The Kier molecular flexibility index (Phi) is 7.46. The molecule has 3 heterocycles. The molecule has 4 aromatic rings. The minimum atomic E-state index is -4.64. The number of benzene rings is 1. The van der Waals surface area contributed by atoms with E-state index in [1.807, 2.05) is 26.0 Å². The van der Waals surface area contributed by atoms with E-state index in [4.69, 9.17) is 4.74 Å². The zero-order chi connectivity index (χ0) is 26.0. The summed E-state index contributed by atoms with van der Waals surface area (Å²) in [4.78, 5) is 30.3. The molecule has 0 aliphatic carbocycles. The van der Waals surface area contributed by atoms with E-state index in [0.29, 0.717) is 10.6 Å². The average Bonchev–Trinajstić information content (AvgIpc) is 3.50. The molecule has 0 aliphatic heterocycles. The summed E-state index contributed by atoms with van der Waals surface area (Å²) in [6.45, 7) is 4.95. The molecule has 36 heavy (non-hydrogen) atoms. The van der Waals surface area contributed by atoms with Crippen molar-refractivity contribution in [2.45, 2.75) is 39.3 Å². The van der Waals surface area contributed by atoms with E-state index in [1.165, 1.54) is 18.3 Å². The van der Waals surface area contributed by atoms with Crippen LogP contribution in [0.1, 0.15) is 52.5 Å². The standard InChI is InChI=1S/C26H23F3N2O3S2/c1-4-14(2)16-8-5-6-9-18(16)30-21(32)13-34-25(33)23-15(3)22-17(26(27,28)29)12-19(31-24(22)36-23)20-10-7-11-35-20/h5-12,14H,4,13H2,1-3H3,(H,30,32)/t14-/m0/s1. The van der Waals surface area contributed by atoms with Crippen molar-refractivity contribution in [2.75, 3.05) is 11.9 Å². The number of ether oxygens (including phenoxy) is 1. The number of rotatable bonds is 7. The Labute approximate surface area is 213 Å². The maximum atomic E-state index is 13.9. The summed E-state index contributed by atoms with van der Waals surface area (Å²) in [5.74, 6) is -1.18. The van der Waals surface area contributed by atoms with Crippen molar-refractivity contribution in [2.24, 2.45) is 0 Å². The first-order valence-electron chi connectivity index (χ1n) is 11.2. The minimum Gasteiger partial charge on any atom is -0.451 e. The molecular formula is C26H23F3N2O3S2. The van der Waals surface area contributed by atoms with Crippen molar-refractivity contribution in [1.82, 2.24) is 4.98 Å². The van der Waals surface area contributed by atoms with Crippen LogP contribution in [0, 0.1) is 6.92 Å². The predicted molar refractivity (Wildman–Crippen MR) is 137 cm³/mol. The summed E-state index contributed by atoms with van der Waals surface area (Å²) >= 11 is 2.10. The van der Waals surface area contributed by atoms with Crippen molar-refractivity contribution < 1.29 is 27.5 Å². The third-order valence-corrected chi connectivity index (χ3v) is 7.94. The van der Waals surface area contributed by atoms with Gasteiger partial charge < -0.3 is 10.1 Å². The highest BCUT2D eigenvalue weighted by atomic mass is 32.1. The van der Waals surface area contributed by atoms with Gasteiger partial charge in [-0.2, -0.15) is 13.2 Å². The van der Waals surface area contributed by atoms with Gasteiger partial charge in [-0.25, -0.2) is 9.78 Å². The number of para-hydroxylation sites is 1. The molecule has 10 heteroatoms. The number of aromatic nitrogens is 1. The van der Waals surface area contributed by atoms with Gasteiger partial charge in [-0.05, 0) is 54.0 Å². The number of pyridine rings is 1. The third-order valence-electron chi connectivity index (χ3n) is 5.88. The van der Waals surface area contributed by atoms with Crippen molar-refractivity contribution in [1.29, 1.82) is 0 Å². The van der Waals surface area contributed by atoms with Gasteiger partial charge >= 0.3 is 12.1 Å². The molecule has 0 saturated carbocycles. The lowest BCUT2D eigenvalue weighted by molar-refractivity contribution is -0.136. The molecule has 1 amide bonds. The quantitative estimate of drug-likeness (QED) is 0.248. The lowest BCUT2D eigenvalue weighted by Crippen LogP contribution is -2.21. The van der Waals surface area contributed by atoms with Gasteiger partial charge in [0.05, 0.1) is 16.1 Å². The molecule has 5 nitrogen and oxygen atoms in total. The average molecular weight is 533 g/mol. The van der Waals surface area contributed by atoms with Crippen LogP contribution in [0.15, 0.2) is 47.8 Å². The molecule has 0 bridgehead atoms. The summed E-state index contributed by atoms with van der Waals surface area (Å²) in [6, 6.07) is 11.8. The van der Waals surface area contributed by atoms with Crippen molar-refractivity contribution >= 4 is 50.5 Å². The molecular weight excluding hydrogens is 509 g/mol. The zero-order valence-electron chi connectivity index (χ0n) is 19.7. The van der Waals surface area contributed by atoms with E-state index in [1.54, 1.807) is 29.6 Å². The first kappa shape index (κ1) is 25.8. The predicted octanol–water partition coefficient (Wildman–Crippen LogP) is 7.66. The zero-order valence-corrected chi connectivity index (χ0v) is 21.4. The monoisotopic (exact) mass is 532 g/mol. The topological polar surface area (TPSA) is 68.3 Å². The second-order valence-electron chi connectivity index (χ2n) is 8.29. The second-order valence-corrected chi connectivity index (χ2v) is 10.2. The minimum absolute atomic E-state index is 0.0147. The Morgan fingerprint density at radius 3 is 2.58 bits per heavy atom. The Bertz CT molecular complexity index is 1410. The number of halogens is 3. The van der Waals surface area contributed by atoms with Crippen LogP contribution in [0.25, 0.3) is 20.8 Å². The molecule has 3 aromatic heterocycles. The molecule has 0 spiro atoms. The van der Waals surface area contributed by atoms with Gasteiger partial charge in [0, 0.05) is 11.1 Å². The van der Waals surface area contributed by atoms with Crippen LogP contribution in [0.3, 0.4) is 0 Å². The van der Waals surface area contributed by atoms with Gasteiger partial charge in [0.15, 0.2) is 6.61 Å². The summed E-state index contributed by atoms with van der Waals surface area (Å²) < 4.78 is 46.9. The van der Waals surface area contributed by atoms with E-state index in [2.05, 4.69) is 10.3 Å². The molecule has 0 radical (unpaired) electrons. The van der Waals surface area contributed by atoms with Gasteiger partial charge in [-0.1, -0.05) is 38.1 Å². The van der Waals surface area contributed by atoms with Crippen LogP contribution in [0.2, 0.25) is 0 Å². The van der Waals surface area contributed by atoms with E-state index in [0.717, 1.165) is 29.4 Å². The normalized spacial score (nSPS) is 12.5. The molecule has 1 N–H and O–H groups in total. The summed E-state index contributed by atoms with van der Waals surface area (Å²) in [5.41, 5.74) is 1.05. The highest BCUT2D eigenvalue weighted by Crippen LogP contribution is 2.42. The number of hydrogen-bond acceptors (Lipinski definition) is 6. The molecule has 1 atom stereocenters. The third kappa shape index (κ3) is 5.29. The van der Waals surface area contributed by atoms with E-state index < -0.39 is 30.2 Å². The summed E-state index contributed by atoms with van der Waals surface area (Å²) in [6.07, 6.45) is -3.75. The number of carbonyl (C=O) groups excluding carboxylic acids is 2. The number of amides is 1. The molecule has 4 rings (SSSR count). The Morgan fingerprint density at radius 1 is 1.17 bits per heavy atom. The molecule has 0 unspecified atom stereocenters. The van der Waals surface area contributed by atoms with Crippen molar-refractivity contribution in [3.63, 3.8) is 0 Å². The number of hydrogen-bond donors (Lipinski definition) is 1. The second kappa shape index (κ2) is 10.4. The number of esters is 1. The van der Waals surface area contributed by atoms with Crippen LogP contribution < -0.4 is 5.32 Å². The Morgan fingerprint density at radius 2 is 1.92 bits per heavy atom. The number of fused-ring (bicyclic) bond motifs is 1. The van der Waals surface area contributed by atoms with Crippen molar-refractivity contribution in [3.8, 4) is 10.6 Å². The van der Waals surface area contributed by atoms with Gasteiger partial charge in [0.2, 0.25) is 0 Å². The number of nitrogens with zero attached hydrogens (tertiary/aromatic N) is 1. The van der Waals surface area contributed by atoms with Gasteiger partial charge in [-0.15, -0.1) is 22.7 Å². The molecule has 0 saturated heterocycles. The number of thiophene rings is 2. The van der Waals surface area contributed by atoms with Crippen LogP contribution in [0.5, 0.6) is 0 Å². The Balaban J connectivity index is 1.57. The lowest BCUT2D eigenvalue weighted by Gasteiger charge is -2.15. The smallest absolute Gasteiger partial charge is 0.417 e. The van der Waals surface area contributed by atoms with Crippen LogP contribution >= 0.6 is 22.7 Å². The summed E-state index contributed by atoms with van der Waals surface area (Å²) in [7, 11) is 0. The van der Waals surface area contributed by atoms with E-state index >= 15 is 0 Å². The van der Waals surface area contributed by atoms with Crippen LogP contribution in [-0.2, 0) is 15.7 Å². The largest absolute Gasteiger partial charge is 0.451 e. The van der Waals surface area contributed by atoms with Gasteiger partial charge in [0.25, 0.3) is 5.91 Å². The maximum Gasteiger partial charge on any atom is 0.417 e. The molecule has 188 valence electrons. The van der Waals surface area contributed by atoms with Crippen LogP contribution in [0.4, 0.5) is 18.9 Å². The van der Waals surface area contributed by atoms with E-state index in [9.17, 15) is 22.8 Å². The van der Waals surface area contributed by atoms with E-state index in [-0.39, 0.29) is 32.3 Å². The van der Waals surface area contributed by atoms with Crippen molar-refractivity contribution in [3.05, 3.63) is 69.4 Å². The first-order chi connectivity index (χ1) is 17.1. The number of alkyl halides is 3. The fourth-order valence-electron chi connectivity index (χ4n) is 3.86. The molecule has 0 aliphatic rings. The van der Waals surface area contributed by atoms with Crippen LogP contribution in [-0.4, -0.2) is 23.5 Å². The van der Waals surface area contributed by atoms with Gasteiger partial charge in [-0.3, -0.25) is 4.79 Å². The number of carbonyl (C=O) groups is 2. The number of nitrogens with one attached hydrogen (secondary N) is 1. The molecule has 1 aromatic carbocycles. The lowest BCUT2D eigenvalue weighted by atomic mass is 9.97. The first-order valence-corrected chi connectivity index (χ1v) is 12.9. The van der Waals surface area contributed by atoms with Gasteiger partial charge in [0.1, 0.15) is 9.71 Å². The maximum absolute atomic E-state index is 13.9. The Hall–Kier alpha value is -3.24. The fraction of sp³-hybridized carbons (Fsp3) is 0.269. The molecule has 0 fully saturated rings. The SMILES string of the molecule is CC[C@H](C)c1ccccc1NC(=O)COC(=O)c1sc2nc(-c3cccs3)cc(C(F)(F)F)c2c1C.